The number of aromatic nitrogens is 2. The topological polar surface area (TPSA) is 31.8 Å². The fraction of sp³-hybridized carbons (Fsp3) is 0.583. The Morgan fingerprint density at radius 3 is 1.27 bits per heavy atom. The Balaban J connectivity index is 0.00000420. The summed E-state index contributed by atoms with van der Waals surface area (Å²) in [5, 5.41) is 6.99. The van der Waals surface area contributed by atoms with Gasteiger partial charge in [0.25, 0.3) is 0 Å². The molecule has 4 nitrogen and oxygen atoms in total. The Morgan fingerprint density at radius 1 is 0.567 bits per heavy atom. The van der Waals surface area contributed by atoms with Crippen LogP contribution in [0.5, 0.6) is 0 Å². The van der Waals surface area contributed by atoms with Crippen LogP contribution >= 0.6 is 0 Å². The molecule has 170 valence electrons. The summed E-state index contributed by atoms with van der Waals surface area (Å²) in [5.41, 5.74) is 2.46. The Labute approximate surface area is 196 Å². The molecule has 0 fully saturated rings. The fourth-order valence-corrected chi connectivity index (χ4v) is 3.25. The Kier molecular flexibility index (Phi) is 17.3. The molecule has 0 spiro atoms. The number of pyridine rings is 2. The van der Waals surface area contributed by atoms with Gasteiger partial charge in [0.2, 0.25) is 0 Å². The number of rotatable bonds is 15. The third-order valence-corrected chi connectivity index (χ3v) is 5.08. The number of unbranched alkanes of at least 4 members (excludes halogenated alkanes) is 5. The summed E-state index contributed by atoms with van der Waals surface area (Å²) >= 11 is 0. The molecule has 0 amide bonds. The standard InChI is InChI=1S/C24H38N4.2ClH/c1-3-5-7-15-25-23-11-19-27(20-12-23)17-9-10-18-28-21-13-24(14-22-28)26-16-8-6-4-2;;/h11-14,19-22H,3-10,15-18H2,1-2H3;2*1H. The molecule has 30 heavy (non-hydrogen) atoms. The second kappa shape index (κ2) is 18.3. The predicted molar refractivity (Wildman–Crippen MR) is 119 cm³/mol. The van der Waals surface area contributed by atoms with Gasteiger partial charge in [-0.05, 0) is 12.8 Å². The highest BCUT2D eigenvalue weighted by atomic mass is 35.5. The molecular formula is C24H40Cl2N4. The lowest BCUT2D eigenvalue weighted by molar-refractivity contribution is -0.708. The number of halogens is 2. The highest BCUT2D eigenvalue weighted by Crippen LogP contribution is 2.05. The van der Waals surface area contributed by atoms with Crippen molar-refractivity contribution < 1.29 is 33.9 Å². The zero-order valence-corrected chi connectivity index (χ0v) is 20.3. The van der Waals surface area contributed by atoms with E-state index in [2.05, 4.69) is 82.7 Å². The van der Waals surface area contributed by atoms with Crippen LogP contribution in [0.2, 0.25) is 0 Å². The molecule has 0 saturated heterocycles. The lowest BCUT2D eigenvalue weighted by Crippen LogP contribution is -3.00. The molecule has 2 aromatic heterocycles. The first kappa shape index (κ1) is 28.5. The largest absolute Gasteiger partial charge is 1.00 e. The van der Waals surface area contributed by atoms with Crippen molar-refractivity contribution in [3.8, 4) is 0 Å². The molecule has 0 unspecified atom stereocenters. The molecule has 0 aliphatic heterocycles. The van der Waals surface area contributed by atoms with E-state index in [1.807, 2.05) is 0 Å². The normalized spacial score (nSPS) is 10.1. The molecule has 6 heteroatoms. The van der Waals surface area contributed by atoms with Crippen LogP contribution in [0.1, 0.15) is 65.2 Å². The molecule has 2 heterocycles. The lowest BCUT2D eigenvalue weighted by Gasteiger charge is -2.05. The second-order valence-electron chi connectivity index (χ2n) is 7.62. The maximum absolute atomic E-state index is 3.50. The average molecular weight is 456 g/mol. The van der Waals surface area contributed by atoms with Crippen molar-refractivity contribution in [1.29, 1.82) is 0 Å². The van der Waals surface area contributed by atoms with Gasteiger partial charge in [0.1, 0.15) is 13.1 Å². The molecule has 0 aromatic carbocycles. The van der Waals surface area contributed by atoms with Crippen molar-refractivity contribution in [3.05, 3.63) is 49.1 Å². The van der Waals surface area contributed by atoms with Crippen molar-refractivity contribution in [2.24, 2.45) is 0 Å². The maximum atomic E-state index is 3.50. The van der Waals surface area contributed by atoms with Gasteiger partial charge in [0, 0.05) is 61.6 Å². The minimum atomic E-state index is 0. The van der Waals surface area contributed by atoms with E-state index < -0.39 is 0 Å². The van der Waals surface area contributed by atoms with Gasteiger partial charge in [-0.25, -0.2) is 9.13 Å². The van der Waals surface area contributed by atoms with Crippen molar-refractivity contribution in [2.75, 3.05) is 23.7 Å². The molecule has 0 atom stereocenters. The number of nitrogens with zero attached hydrogens (tertiary/aromatic N) is 2. The molecule has 0 aliphatic carbocycles. The highest BCUT2D eigenvalue weighted by molar-refractivity contribution is 5.40. The van der Waals surface area contributed by atoms with Crippen LogP contribution in [0.3, 0.4) is 0 Å². The molecular weight excluding hydrogens is 415 g/mol. The fourth-order valence-electron chi connectivity index (χ4n) is 3.25. The molecule has 2 rings (SSSR count). The van der Waals surface area contributed by atoms with Gasteiger partial charge in [0.15, 0.2) is 24.8 Å². The summed E-state index contributed by atoms with van der Waals surface area (Å²) in [7, 11) is 0. The zero-order chi connectivity index (χ0) is 19.9. The van der Waals surface area contributed by atoms with Gasteiger partial charge in [-0.15, -0.1) is 0 Å². The molecule has 0 radical (unpaired) electrons. The van der Waals surface area contributed by atoms with Crippen molar-refractivity contribution in [1.82, 2.24) is 0 Å². The number of nitrogens with one attached hydrogen (secondary N) is 2. The zero-order valence-electron chi connectivity index (χ0n) is 18.8. The predicted octanol–water partition coefficient (Wildman–Crippen LogP) is -1.05. The maximum Gasteiger partial charge on any atom is 0.170 e. The van der Waals surface area contributed by atoms with E-state index in [1.54, 1.807) is 0 Å². The van der Waals surface area contributed by atoms with E-state index in [0.29, 0.717) is 0 Å². The molecule has 2 aromatic rings. The summed E-state index contributed by atoms with van der Waals surface area (Å²) in [5.74, 6) is 0. The average Bonchev–Trinajstić information content (AvgIpc) is 2.74. The van der Waals surface area contributed by atoms with E-state index in [1.165, 1.54) is 62.7 Å². The lowest BCUT2D eigenvalue weighted by atomic mass is 10.2. The van der Waals surface area contributed by atoms with Gasteiger partial charge in [-0.2, -0.15) is 0 Å². The van der Waals surface area contributed by atoms with E-state index in [0.717, 1.165) is 26.2 Å². The summed E-state index contributed by atoms with van der Waals surface area (Å²) in [6.07, 6.45) is 18.8. The van der Waals surface area contributed by atoms with Gasteiger partial charge in [-0.1, -0.05) is 39.5 Å². The third kappa shape index (κ3) is 12.2. The van der Waals surface area contributed by atoms with Crippen molar-refractivity contribution >= 4 is 11.4 Å². The van der Waals surface area contributed by atoms with Gasteiger partial charge >= 0.3 is 0 Å². The van der Waals surface area contributed by atoms with E-state index in [9.17, 15) is 0 Å². The van der Waals surface area contributed by atoms with Crippen molar-refractivity contribution in [3.63, 3.8) is 0 Å². The van der Waals surface area contributed by atoms with E-state index in [-0.39, 0.29) is 24.8 Å². The number of anilines is 2. The van der Waals surface area contributed by atoms with Gasteiger partial charge < -0.3 is 35.4 Å². The third-order valence-electron chi connectivity index (χ3n) is 5.08. The van der Waals surface area contributed by atoms with Gasteiger partial charge in [0.05, 0.1) is 0 Å². The minimum absolute atomic E-state index is 0. The first-order chi connectivity index (χ1) is 13.8. The number of aryl methyl sites for hydroxylation is 2. The van der Waals surface area contributed by atoms with Crippen LogP contribution in [0.15, 0.2) is 49.1 Å². The summed E-state index contributed by atoms with van der Waals surface area (Å²) in [6.45, 7) is 8.78. The first-order valence-corrected chi connectivity index (χ1v) is 11.3. The smallest absolute Gasteiger partial charge is 0.170 e. The monoisotopic (exact) mass is 454 g/mol. The SMILES string of the molecule is CCCCCNc1cc[n+](CCCC[n+]2ccc(NCCCCC)cc2)cc1.[Cl-].[Cl-]. The molecule has 0 aliphatic rings. The summed E-state index contributed by atoms with van der Waals surface area (Å²) < 4.78 is 4.57. The van der Waals surface area contributed by atoms with E-state index >= 15 is 0 Å². The summed E-state index contributed by atoms with van der Waals surface area (Å²) in [4.78, 5) is 0. The van der Waals surface area contributed by atoms with Crippen molar-refractivity contribution in [2.45, 2.75) is 78.3 Å². The molecule has 0 bridgehead atoms. The Hall–Kier alpha value is -1.52. The van der Waals surface area contributed by atoms with Crippen LogP contribution in [0.25, 0.3) is 0 Å². The van der Waals surface area contributed by atoms with Gasteiger partial charge in [-0.3, -0.25) is 0 Å². The Morgan fingerprint density at radius 2 is 0.933 bits per heavy atom. The van der Waals surface area contributed by atoms with Crippen LogP contribution in [-0.4, -0.2) is 13.1 Å². The van der Waals surface area contributed by atoms with Crippen LogP contribution < -0.4 is 44.6 Å². The number of hydrogen-bond acceptors (Lipinski definition) is 2. The molecule has 2 N–H and O–H groups in total. The van der Waals surface area contributed by atoms with Crippen LogP contribution in [0, 0.1) is 0 Å². The summed E-state index contributed by atoms with van der Waals surface area (Å²) in [6, 6.07) is 8.75. The minimum Gasteiger partial charge on any atom is -1.00 e. The number of hydrogen-bond donors (Lipinski definition) is 2. The molecule has 0 saturated carbocycles. The van der Waals surface area contributed by atoms with Crippen LogP contribution in [-0.2, 0) is 13.1 Å². The Bertz CT molecular complexity index is 575. The van der Waals surface area contributed by atoms with Crippen LogP contribution in [0.4, 0.5) is 11.4 Å². The highest BCUT2D eigenvalue weighted by Gasteiger charge is 2.04. The van der Waals surface area contributed by atoms with E-state index in [4.69, 9.17) is 0 Å². The first-order valence-electron chi connectivity index (χ1n) is 11.3. The second-order valence-corrected chi connectivity index (χ2v) is 7.62. The quantitative estimate of drug-likeness (QED) is 0.266.